The van der Waals surface area contributed by atoms with E-state index in [0.717, 1.165) is 63.4 Å². The summed E-state index contributed by atoms with van der Waals surface area (Å²) in [4.78, 5) is 28.3. The molecule has 1 atom stereocenters. The zero-order valence-corrected chi connectivity index (χ0v) is 19.2. The lowest BCUT2D eigenvalue weighted by atomic mass is 9.83. The van der Waals surface area contributed by atoms with Crippen molar-refractivity contribution in [2.24, 2.45) is 5.92 Å². The van der Waals surface area contributed by atoms with Gasteiger partial charge in [-0.1, -0.05) is 18.2 Å². The molecule has 0 aliphatic carbocycles. The summed E-state index contributed by atoms with van der Waals surface area (Å²) in [5, 5.41) is 0. The summed E-state index contributed by atoms with van der Waals surface area (Å²) >= 11 is 0. The normalized spacial score (nSPS) is 20.3. The van der Waals surface area contributed by atoms with E-state index in [1.807, 2.05) is 31.4 Å². The third kappa shape index (κ3) is 5.44. The van der Waals surface area contributed by atoms with Crippen molar-refractivity contribution in [1.29, 1.82) is 0 Å². The highest BCUT2D eigenvalue weighted by Gasteiger charge is 2.34. The Bertz CT molecular complexity index is 895. The van der Waals surface area contributed by atoms with Gasteiger partial charge in [-0.15, -0.1) is 0 Å². The molecule has 0 saturated carbocycles. The molecule has 0 N–H and O–H groups in total. The molecule has 1 amide bonds. The number of carbonyl (C=O) groups is 1. The number of likely N-dealkylation sites (tertiary alicyclic amines) is 2. The van der Waals surface area contributed by atoms with Crippen LogP contribution in [0.25, 0.3) is 0 Å². The van der Waals surface area contributed by atoms with Gasteiger partial charge in [-0.3, -0.25) is 9.69 Å². The average Bonchev–Trinajstić information content (AvgIpc) is 2.81. The Kier molecular flexibility index (Phi) is 7.35. The number of halogens is 1. The highest BCUT2D eigenvalue weighted by Crippen LogP contribution is 2.31. The van der Waals surface area contributed by atoms with Crippen LogP contribution in [0.15, 0.2) is 36.7 Å². The SMILES string of the molecule is CN(C)c1ncc(CN2CCC(C3CCCCN3C(=O)Cc3ccccc3F)CC2)cn1. The van der Waals surface area contributed by atoms with Gasteiger partial charge in [-0.05, 0) is 62.7 Å². The summed E-state index contributed by atoms with van der Waals surface area (Å²) in [6, 6.07) is 6.91. The summed E-state index contributed by atoms with van der Waals surface area (Å²) < 4.78 is 14.1. The zero-order chi connectivity index (χ0) is 22.5. The molecule has 32 heavy (non-hydrogen) atoms. The molecular formula is C25H34FN5O. The lowest BCUT2D eigenvalue weighted by Crippen LogP contribution is -2.50. The van der Waals surface area contributed by atoms with Gasteiger partial charge in [0.1, 0.15) is 5.82 Å². The number of aromatic nitrogens is 2. The molecule has 0 bridgehead atoms. The van der Waals surface area contributed by atoms with Crippen molar-refractivity contribution in [3.63, 3.8) is 0 Å². The second-order valence-corrected chi connectivity index (χ2v) is 9.32. The second-order valence-electron chi connectivity index (χ2n) is 9.32. The van der Waals surface area contributed by atoms with Gasteiger partial charge < -0.3 is 9.80 Å². The Hall–Kier alpha value is -2.54. The Morgan fingerprint density at radius 2 is 1.78 bits per heavy atom. The number of rotatable bonds is 6. The standard InChI is InChI=1S/C25H34FN5O/c1-29(2)25-27-16-19(17-28-25)18-30-13-10-20(11-14-30)23-9-5-6-12-31(23)24(32)15-21-7-3-4-8-22(21)26/h3-4,7-8,16-17,20,23H,5-6,9-15,18H2,1-2H3. The molecule has 2 aliphatic rings. The Morgan fingerprint density at radius 1 is 1.06 bits per heavy atom. The van der Waals surface area contributed by atoms with E-state index < -0.39 is 0 Å². The molecule has 7 heteroatoms. The van der Waals surface area contributed by atoms with Crippen LogP contribution in [0.2, 0.25) is 0 Å². The van der Waals surface area contributed by atoms with Crippen molar-refractivity contribution < 1.29 is 9.18 Å². The fraction of sp³-hybridized carbons (Fsp3) is 0.560. The fourth-order valence-corrected chi connectivity index (χ4v) is 5.08. The summed E-state index contributed by atoms with van der Waals surface area (Å²) in [5.41, 5.74) is 1.63. The summed E-state index contributed by atoms with van der Waals surface area (Å²) in [6.07, 6.45) is 9.44. The van der Waals surface area contributed by atoms with Gasteiger partial charge in [-0.2, -0.15) is 0 Å². The van der Waals surface area contributed by atoms with Crippen LogP contribution in [0.3, 0.4) is 0 Å². The number of anilines is 1. The number of hydrogen-bond donors (Lipinski definition) is 0. The topological polar surface area (TPSA) is 52.6 Å². The maximum absolute atomic E-state index is 14.1. The van der Waals surface area contributed by atoms with Crippen LogP contribution in [0, 0.1) is 11.7 Å². The molecule has 0 radical (unpaired) electrons. The van der Waals surface area contributed by atoms with Crippen molar-refractivity contribution >= 4 is 11.9 Å². The molecule has 1 aromatic carbocycles. The molecular weight excluding hydrogens is 405 g/mol. The smallest absolute Gasteiger partial charge is 0.227 e. The van der Waals surface area contributed by atoms with Crippen LogP contribution >= 0.6 is 0 Å². The van der Waals surface area contributed by atoms with Gasteiger partial charge in [0.2, 0.25) is 11.9 Å². The molecule has 4 rings (SSSR count). The van der Waals surface area contributed by atoms with Gasteiger partial charge in [0.25, 0.3) is 0 Å². The van der Waals surface area contributed by atoms with Crippen molar-refractivity contribution in [2.75, 3.05) is 38.6 Å². The van der Waals surface area contributed by atoms with E-state index in [2.05, 4.69) is 19.8 Å². The number of carbonyl (C=O) groups excluding carboxylic acids is 1. The molecule has 6 nitrogen and oxygen atoms in total. The van der Waals surface area contributed by atoms with Crippen LogP contribution in [0.5, 0.6) is 0 Å². The quantitative estimate of drug-likeness (QED) is 0.689. The van der Waals surface area contributed by atoms with E-state index in [-0.39, 0.29) is 24.2 Å². The highest BCUT2D eigenvalue weighted by atomic mass is 19.1. The van der Waals surface area contributed by atoms with E-state index in [0.29, 0.717) is 11.5 Å². The molecule has 0 spiro atoms. The van der Waals surface area contributed by atoms with E-state index >= 15 is 0 Å². The van der Waals surface area contributed by atoms with Crippen molar-refractivity contribution in [3.8, 4) is 0 Å². The van der Waals surface area contributed by atoms with Crippen LogP contribution in [0.4, 0.5) is 10.3 Å². The maximum Gasteiger partial charge on any atom is 0.227 e. The minimum atomic E-state index is -0.287. The van der Waals surface area contributed by atoms with Gasteiger partial charge in [-0.25, -0.2) is 14.4 Å². The molecule has 2 aromatic rings. The van der Waals surface area contributed by atoms with Crippen molar-refractivity contribution in [2.45, 2.75) is 51.1 Å². The summed E-state index contributed by atoms with van der Waals surface area (Å²) in [7, 11) is 3.88. The first-order chi connectivity index (χ1) is 15.5. The molecule has 2 saturated heterocycles. The first kappa shape index (κ1) is 22.6. The minimum absolute atomic E-state index is 0.0698. The van der Waals surface area contributed by atoms with Gasteiger partial charge in [0, 0.05) is 51.2 Å². The van der Waals surface area contributed by atoms with Crippen molar-refractivity contribution in [3.05, 3.63) is 53.6 Å². The molecule has 3 heterocycles. The van der Waals surface area contributed by atoms with Gasteiger partial charge in [0.05, 0.1) is 6.42 Å². The number of hydrogen-bond acceptors (Lipinski definition) is 5. The van der Waals surface area contributed by atoms with E-state index in [1.165, 1.54) is 12.5 Å². The number of benzene rings is 1. The summed E-state index contributed by atoms with van der Waals surface area (Å²) in [5.74, 6) is 1.03. The summed E-state index contributed by atoms with van der Waals surface area (Å²) in [6.45, 7) is 3.70. The first-order valence-electron chi connectivity index (χ1n) is 11.7. The average molecular weight is 440 g/mol. The third-order valence-corrected chi connectivity index (χ3v) is 6.84. The van der Waals surface area contributed by atoms with Crippen molar-refractivity contribution in [1.82, 2.24) is 19.8 Å². The monoisotopic (exact) mass is 439 g/mol. The van der Waals surface area contributed by atoms with Crippen LogP contribution in [0.1, 0.15) is 43.2 Å². The third-order valence-electron chi connectivity index (χ3n) is 6.84. The van der Waals surface area contributed by atoms with Gasteiger partial charge >= 0.3 is 0 Å². The number of piperidine rings is 2. The molecule has 2 aliphatic heterocycles. The van der Waals surface area contributed by atoms with E-state index in [9.17, 15) is 9.18 Å². The first-order valence-corrected chi connectivity index (χ1v) is 11.7. The van der Waals surface area contributed by atoms with E-state index in [1.54, 1.807) is 18.2 Å². The Morgan fingerprint density at radius 3 is 2.47 bits per heavy atom. The largest absolute Gasteiger partial charge is 0.347 e. The van der Waals surface area contributed by atoms with Crippen LogP contribution in [-0.2, 0) is 17.8 Å². The molecule has 172 valence electrons. The molecule has 1 aromatic heterocycles. The Balaban J connectivity index is 1.33. The Labute approximate surface area is 190 Å². The van der Waals surface area contributed by atoms with Crippen LogP contribution in [-0.4, -0.2) is 65.4 Å². The molecule has 2 fully saturated rings. The second kappa shape index (κ2) is 10.4. The van der Waals surface area contributed by atoms with E-state index in [4.69, 9.17) is 0 Å². The number of amides is 1. The molecule has 1 unspecified atom stereocenters. The lowest BCUT2D eigenvalue weighted by molar-refractivity contribution is -0.136. The van der Waals surface area contributed by atoms with Crippen LogP contribution < -0.4 is 4.90 Å². The van der Waals surface area contributed by atoms with Gasteiger partial charge in [0.15, 0.2) is 0 Å². The highest BCUT2D eigenvalue weighted by molar-refractivity contribution is 5.79. The zero-order valence-electron chi connectivity index (χ0n) is 19.2. The maximum atomic E-state index is 14.1. The lowest BCUT2D eigenvalue weighted by Gasteiger charge is -2.44. The predicted octanol–water partition coefficient (Wildman–Crippen LogP) is 3.52. The minimum Gasteiger partial charge on any atom is -0.347 e. The number of nitrogens with zero attached hydrogens (tertiary/aromatic N) is 5. The fourth-order valence-electron chi connectivity index (χ4n) is 5.08. The predicted molar refractivity (Wildman–Crippen MR) is 124 cm³/mol.